The summed E-state index contributed by atoms with van der Waals surface area (Å²) < 4.78 is 0. The number of hydrogen-bond donors (Lipinski definition) is 1. The van der Waals surface area contributed by atoms with E-state index in [0.29, 0.717) is 5.39 Å². The summed E-state index contributed by atoms with van der Waals surface area (Å²) in [6.07, 6.45) is 0. The van der Waals surface area contributed by atoms with Crippen LogP contribution in [0.25, 0.3) is 10.8 Å². The van der Waals surface area contributed by atoms with Crippen molar-refractivity contribution < 1.29 is 15.0 Å². The minimum atomic E-state index is -0.803. The number of aromatic hydroxyl groups is 1. The van der Waals surface area contributed by atoms with Crippen LogP contribution in [0.2, 0.25) is 5.02 Å². The van der Waals surface area contributed by atoms with Crippen molar-refractivity contribution in [3.8, 4) is 5.75 Å². The van der Waals surface area contributed by atoms with E-state index < -0.39 is 21.2 Å². The van der Waals surface area contributed by atoms with Gasteiger partial charge in [-0.05, 0) is 18.4 Å². The first-order valence-electron chi connectivity index (χ1n) is 7.55. The summed E-state index contributed by atoms with van der Waals surface area (Å²) in [6, 6.07) is 11.2. The van der Waals surface area contributed by atoms with Crippen LogP contribution >= 0.6 is 11.6 Å². The fourth-order valence-corrected chi connectivity index (χ4v) is 2.88. The number of azo groups is 1. The van der Waals surface area contributed by atoms with E-state index >= 15 is 0 Å². The Bertz CT molecular complexity index is 1130. The quantitative estimate of drug-likeness (QED) is 0.347. The predicted molar refractivity (Wildman–Crippen MR) is 99.3 cm³/mol. The predicted octanol–water partition coefficient (Wildman–Crippen LogP) is 5.74. The summed E-state index contributed by atoms with van der Waals surface area (Å²) >= 11 is 5.97. The van der Waals surface area contributed by atoms with Crippen LogP contribution in [0.5, 0.6) is 5.75 Å². The van der Waals surface area contributed by atoms with Gasteiger partial charge in [-0.3, -0.25) is 20.2 Å². The molecule has 0 bridgehead atoms. The van der Waals surface area contributed by atoms with Crippen molar-refractivity contribution in [2.75, 3.05) is 0 Å². The average Bonchev–Trinajstić information content (AvgIpc) is 2.63. The first-order chi connectivity index (χ1) is 12.8. The molecule has 9 nitrogen and oxygen atoms in total. The summed E-state index contributed by atoms with van der Waals surface area (Å²) in [4.78, 5) is 20.9. The highest BCUT2D eigenvalue weighted by molar-refractivity contribution is 6.33. The number of phenols is 1. The lowest BCUT2D eigenvalue weighted by Gasteiger charge is -2.05. The molecule has 136 valence electrons. The second-order valence-corrected chi connectivity index (χ2v) is 5.98. The first kappa shape index (κ1) is 18.2. The van der Waals surface area contributed by atoms with Gasteiger partial charge < -0.3 is 5.11 Å². The van der Waals surface area contributed by atoms with Gasteiger partial charge in [0.15, 0.2) is 11.4 Å². The van der Waals surface area contributed by atoms with E-state index in [-0.39, 0.29) is 27.7 Å². The van der Waals surface area contributed by atoms with Gasteiger partial charge in [-0.1, -0.05) is 41.9 Å². The van der Waals surface area contributed by atoms with Gasteiger partial charge in [0.05, 0.1) is 14.9 Å². The van der Waals surface area contributed by atoms with Gasteiger partial charge in [0.25, 0.3) is 5.69 Å². The molecule has 0 spiro atoms. The number of nitro groups is 2. The second-order valence-electron chi connectivity index (χ2n) is 5.57. The van der Waals surface area contributed by atoms with Crippen molar-refractivity contribution in [3.63, 3.8) is 0 Å². The van der Waals surface area contributed by atoms with Gasteiger partial charge in [0, 0.05) is 11.5 Å². The molecule has 3 rings (SSSR count). The number of hydrogen-bond acceptors (Lipinski definition) is 7. The van der Waals surface area contributed by atoms with E-state index in [0.717, 1.165) is 11.5 Å². The van der Waals surface area contributed by atoms with Crippen LogP contribution in [0.3, 0.4) is 0 Å². The fraction of sp³-hybridized carbons (Fsp3) is 0.0588. The Kier molecular flexibility index (Phi) is 4.70. The zero-order valence-corrected chi connectivity index (χ0v) is 14.5. The summed E-state index contributed by atoms with van der Waals surface area (Å²) in [5.41, 5.74) is -1.53. The van der Waals surface area contributed by atoms with Crippen LogP contribution in [0, 0.1) is 27.2 Å². The molecule has 0 aromatic heterocycles. The van der Waals surface area contributed by atoms with Crippen LogP contribution in [0.1, 0.15) is 5.56 Å². The van der Waals surface area contributed by atoms with Gasteiger partial charge >= 0.3 is 5.69 Å². The summed E-state index contributed by atoms with van der Waals surface area (Å²) in [5.74, 6) is -0.144. The van der Waals surface area contributed by atoms with Gasteiger partial charge in [-0.2, -0.15) is 0 Å². The third kappa shape index (κ3) is 3.27. The number of nitro benzene ring substituents is 2. The van der Waals surface area contributed by atoms with E-state index in [9.17, 15) is 25.3 Å². The maximum Gasteiger partial charge on any atom is 0.308 e. The molecule has 0 heterocycles. The molecule has 1 N–H and O–H groups in total. The topological polar surface area (TPSA) is 131 Å². The van der Waals surface area contributed by atoms with Gasteiger partial charge in [-0.25, -0.2) is 0 Å². The van der Waals surface area contributed by atoms with Crippen LogP contribution in [-0.2, 0) is 0 Å². The Morgan fingerprint density at radius 3 is 2.41 bits per heavy atom. The van der Waals surface area contributed by atoms with E-state index in [2.05, 4.69) is 10.2 Å². The minimum absolute atomic E-state index is 0.0788. The number of phenolic OH excluding ortho intramolecular Hbond substituents is 1. The molecular formula is C17H11ClN4O5. The molecule has 3 aromatic carbocycles. The fourth-order valence-electron chi connectivity index (χ4n) is 2.65. The lowest BCUT2D eigenvalue weighted by molar-refractivity contribution is -0.394. The molecule has 10 heteroatoms. The molecule has 0 saturated heterocycles. The van der Waals surface area contributed by atoms with Crippen molar-refractivity contribution >= 4 is 45.1 Å². The Morgan fingerprint density at radius 1 is 1.04 bits per heavy atom. The number of benzene rings is 3. The number of fused-ring (bicyclic) bond motifs is 1. The van der Waals surface area contributed by atoms with Gasteiger partial charge in [0.2, 0.25) is 0 Å². The lowest BCUT2D eigenvalue weighted by atomic mass is 10.1. The Labute approximate surface area is 156 Å². The Morgan fingerprint density at radius 2 is 1.74 bits per heavy atom. The van der Waals surface area contributed by atoms with Crippen LogP contribution in [-0.4, -0.2) is 15.0 Å². The largest absolute Gasteiger partial charge is 0.505 e. The average molecular weight is 387 g/mol. The molecule has 0 saturated carbocycles. The normalized spacial score (nSPS) is 11.2. The summed E-state index contributed by atoms with van der Waals surface area (Å²) in [7, 11) is 0. The molecule has 3 aromatic rings. The number of halogens is 1. The van der Waals surface area contributed by atoms with Crippen molar-refractivity contribution in [2.24, 2.45) is 10.2 Å². The molecule has 0 aliphatic carbocycles. The first-order valence-corrected chi connectivity index (χ1v) is 7.93. The minimum Gasteiger partial charge on any atom is -0.505 e. The zero-order chi connectivity index (χ0) is 19.7. The SMILES string of the molecule is Cc1c([N+](=O)[O-])cc(Cl)c(N=Nc2ccc3ccccc3c2O)c1[N+](=O)[O-]. The maximum atomic E-state index is 11.4. The molecule has 0 aliphatic heterocycles. The summed E-state index contributed by atoms with van der Waals surface area (Å²) in [6.45, 7) is 1.24. The Hall–Kier alpha value is -3.59. The third-order valence-electron chi connectivity index (χ3n) is 3.97. The van der Waals surface area contributed by atoms with Crippen molar-refractivity contribution in [2.45, 2.75) is 6.92 Å². The highest BCUT2D eigenvalue weighted by Crippen LogP contribution is 2.44. The number of nitrogens with zero attached hydrogens (tertiary/aromatic N) is 4. The molecule has 0 atom stereocenters. The van der Waals surface area contributed by atoms with Gasteiger partial charge in [-0.15, -0.1) is 10.2 Å². The summed E-state index contributed by atoms with van der Waals surface area (Å²) in [5, 5.41) is 41.5. The monoisotopic (exact) mass is 386 g/mol. The van der Waals surface area contributed by atoms with Crippen molar-refractivity contribution in [3.05, 3.63) is 73.3 Å². The molecular weight excluding hydrogens is 376 g/mol. The highest BCUT2D eigenvalue weighted by Gasteiger charge is 2.29. The molecule has 0 fully saturated rings. The molecule has 0 unspecified atom stereocenters. The second kappa shape index (κ2) is 6.96. The van der Waals surface area contributed by atoms with E-state index in [1.165, 1.54) is 13.0 Å². The van der Waals surface area contributed by atoms with E-state index in [1.807, 2.05) is 6.07 Å². The van der Waals surface area contributed by atoms with Crippen LogP contribution in [0.15, 0.2) is 52.7 Å². The van der Waals surface area contributed by atoms with E-state index in [4.69, 9.17) is 11.6 Å². The van der Waals surface area contributed by atoms with E-state index in [1.54, 1.807) is 24.3 Å². The third-order valence-corrected chi connectivity index (χ3v) is 4.26. The Balaban J connectivity index is 2.16. The smallest absolute Gasteiger partial charge is 0.308 e. The number of rotatable bonds is 4. The lowest BCUT2D eigenvalue weighted by Crippen LogP contribution is -1.98. The highest BCUT2D eigenvalue weighted by atomic mass is 35.5. The van der Waals surface area contributed by atoms with Crippen molar-refractivity contribution in [1.82, 2.24) is 0 Å². The van der Waals surface area contributed by atoms with Crippen LogP contribution in [0.4, 0.5) is 22.7 Å². The molecule has 0 radical (unpaired) electrons. The maximum absolute atomic E-state index is 11.4. The standard InChI is InChI=1S/C17H11ClN4O5/c1-9-14(21(24)25)8-12(18)15(16(9)22(26)27)20-19-13-7-6-10-4-2-3-5-11(10)17(13)23/h2-8,23H,1H3. The molecule has 0 aliphatic rings. The molecule has 27 heavy (non-hydrogen) atoms. The van der Waals surface area contributed by atoms with Crippen molar-refractivity contribution in [1.29, 1.82) is 0 Å². The van der Waals surface area contributed by atoms with Gasteiger partial charge in [0.1, 0.15) is 11.3 Å². The van der Waals surface area contributed by atoms with Crippen LogP contribution < -0.4 is 0 Å². The zero-order valence-electron chi connectivity index (χ0n) is 13.8. The molecule has 0 amide bonds.